The average Bonchev–Trinajstić information content (AvgIpc) is 2.92. The molecule has 0 spiro atoms. The molecule has 1 amide bonds. The van der Waals surface area contributed by atoms with Gasteiger partial charge >= 0.3 is 0 Å². The number of hydrogen-bond donors (Lipinski definition) is 2. The third-order valence-corrected chi connectivity index (χ3v) is 6.82. The van der Waals surface area contributed by atoms with Crippen LogP contribution in [0.25, 0.3) is 0 Å². The molecule has 2 fully saturated rings. The van der Waals surface area contributed by atoms with Crippen molar-refractivity contribution < 1.29 is 13.2 Å². The molecular weight excluding hydrogens is 312 g/mol. The van der Waals surface area contributed by atoms with Crippen molar-refractivity contribution in [2.75, 3.05) is 25.4 Å². The van der Waals surface area contributed by atoms with Gasteiger partial charge in [-0.1, -0.05) is 19.8 Å². The first kappa shape index (κ1) is 18.7. The summed E-state index contributed by atoms with van der Waals surface area (Å²) in [4.78, 5) is 11.9. The number of sulfone groups is 1. The van der Waals surface area contributed by atoms with E-state index in [1.165, 1.54) is 0 Å². The van der Waals surface area contributed by atoms with Crippen molar-refractivity contribution in [3.63, 3.8) is 0 Å². The molecule has 0 aromatic heterocycles. The largest absolute Gasteiger partial charge is 0.355 e. The van der Waals surface area contributed by atoms with Crippen molar-refractivity contribution in [3.8, 4) is 0 Å². The summed E-state index contributed by atoms with van der Waals surface area (Å²) in [6.45, 7) is 4.66. The van der Waals surface area contributed by atoms with Crippen LogP contribution in [0.3, 0.4) is 0 Å². The fraction of sp³-hybridized carbons (Fsp3) is 0.929. The van der Waals surface area contributed by atoms with E-state index in [1.807, 2.05) is 0 Å². The van der Waals surface area contributed by atoms with Gasteiger partial charge in [-0.25, -0.2) is 8.42 Å². The van der Waals surface area contributed by atoms with Crippen molar-refractivity contribution in [3.05, 3.63) is 0 Å². The fourth-order valence-electron chi connectivity index (χ4n) is 3.12. The summed E-state index contributed by atoms with van der Waals surface area (Å²) in [5.74, 6) is -0.678. The Hall–Kier alpha value is -0.330. The highest BCUT2D eigenvalue weighted by Crippen LogP contribution is 2.27. The molecule has 21 heavy (non-hydrogen) atoms. The van der Waals surface area contributed by atoms with E-state index in [-0.39, 0.29) is 34.7 Å². The quantitative estimate of drug-likeness (QED) is 0.791. The molecule has 1 aliphatic heterocycles. The van der Waals surface area contributed by atoms with Gasteiger partial charge in [0.25, 0.3) is 0 Å². The topological polar surface area (TPSA) is 75.3 Å². The lowest BCUT2D eigenvalue weighted by molar-refractivity contribution is -0.119. The smallest absolute Gasteiger partial charge is 0.235 e. The minimum Gasteiger partial charge on any atom is -0.355 e. The Balaban J connectivity index is 0.00000220. The number of carbonyl (C=O) groups excluding carboxylic acids is 1. The second-order valence-electron chi connectivity index (χ2n) is 6.55. The van der Waals surface area contributed by atoms with Gasteiger partial charge in [0.1, 0.15) is 5.75 Å². The van der Waals surface area contributed by atoms with Crippen molar-refractivity contribution >= 4 is 28.2 Å². The van der Waals surface area contributed by atoms with Gasteiger partial charge in [-0.3, -0.25) is 4.79 Å². The summed E-state index contributed by atoms with van der Waals surface area (Å²) in [7, 11) is -3.26. The van der Waals surface area contributed by atoms with Crippen LogP contribution in [0.2, 0.25) is 0 Å². The lowest BCUT2D eigenvalue weighted by atomic mass is 9.81. The fourth-order valence-corrected chi connectivity index (χ4v) is 4.87. The highest BCUT2D eigenvalue weighted by Gasteiger charge is 2.32. The van der Waals surface area contributed by atoms with E-state index in [0.29, 0.717) is 6.54 Å². The Bertz CT molecular complexity index is 441. The van der Waals surface area contributed by atoms with Gasteiger partial charge in [0.05, 0.1) is 5.25 Å². The number of carbonyl (C=O) groups is 1. The molecule has 124 valence electrons. The minimum absolute atomic E-state index is 0. The molecule has 0 atom stereocenters. The number of halogens is 1. The van der Waals surface area contributed by atoms with E-state index in [0.717, 1.165) is 51.6 Å². The predicted octanol–water partition coefficient (Wildman–Crippen LogP) is 1.27. The van der Waals surface area contributed by atoms with Crippen molar-refractivity contribution in [1.29, 1.82) is 0 Å². The molecule has 0 unspecified atom stereocenters. The Morgan fingerprint density at radius 1 is 1.24 bits per heavy atom. The molecule has 7 heteroatoms. The van der Waals surface area contributed by atoms with Crippen LogP contribution in [0.1, 0.15) is 45.4 Å². The van der Waals surface area contributed by atoms with E-state index in [4.69, 9.17) is 0 Å². The summed E-state index contributed by atoms with van der Waals surface area (Å²) in [5.41, 5.74) is 0.0953. The van der Waals surface area contributed by atoms with Gasteiger partial charge in [-0.15, -0.1) is 12.4 Å². The monoisotopic (exact) mass is 338 g/mol. The Labute approximate surface area is 134 Å². The van der Waals surface area contributed by atoms with Gasteiger partial charge in [0, 0.05) is 6.54 Å². The summed E-state index contributed by atoms with van der Waals surface area (Å²) in [5, 5.41) is 5.83. The maximum Gasteiger partial charge on any atom is 0.235 e. The van der Waals surface area contributed by atoms with Crippen LogP contribution in [0.15, 0.2) is 0 Å². The number of hydrogen-bond acceptors (Lipinski definition) is 4. The average molecular weight is 339 g/mol. The van der Waals surface area contributed by atoms with Gasteiger partial charge in [0.15, 0.2) is 9.84 Å². The summed E-state index contributed by atoms with van der Waals surface area (Å²) < 4.78 is 24.2. The normalized spacial score (nSPS) is 22.5. The van der Waals surface area contributed by atoms with E-state index >= 15 is 0 Å². The van der Waals surface area contributed by atoms with Crippen LogP contribution in [0.5, 0.6) is 0 Å². The van der Waals surface area contributed by atoms with E-state index in [1.54, 1.807) is 0 Å². The highest BCUT2D eigenvalue weighted by atomic mass is 35.5. The zero-order valence-corrected chi connectivity index (χ0v) is 14.3. The number of amides is 1. The molecule has 2 rings (SSSR count). The minimum atomic E-state index is -3.26. The molecule has 0 bridgehead atoms. The first-order valence-corrected chi connectivity index (χ1v) is 9.32. The second kappa shape index (κ2) is 7.79. The van der Waals surface area contributed by atoms with E-state index < -0.39 is 9.84 Å². The Morgan fingerprint density at radius 2 is 1.81 bits per heavy atom. The first-order chi connectivity index (χ1) is 9.41. The molecule has 0 aromatic rings. The van der Waals surface area contributed by atoms with E-state index in [2.05, 4.69) is 17.6 Å². The van der Waals surface area contributed by atoms with Crippen LogP contribution < -0.4 is 10.6 Å². The van der Waals surface area contributed by atoms with Crippen LogP contribution in [-0.2, 0) is 14.6 Å². The van der Waals surface area contributed by atoms with Crippen molar-refractivity contribution in [2.45, 2.75) is 50.7 Å². The highest BCUT2D eigenvalue weighted by molar-refractivity contribution is 7.92. The number of piperidine rings is 1. The van der Waals surface area contributed by atoms with Crippen LogP contribution in [0, 0.1) is 5.41 Å². The Kier molecular flexibility index (Phi) is 6.94. The second-order valence-corrected chi connectivity index (χ2v) is 8.83. The van der Waals surface area contributed by atoms with Crippen LogP contribution in [-0.4, -0.2) is 45.0 Å². The SMILES string of the molecule is CC1(CNC(=O)CS(=O)(=O)C2CCCC2)CCNCC1.Cl. The molecular formula is C14H27ClN2O3S. The van der Waals surface area contributed by atoms with Crippen LogP contribution >= 0.6 is 12.4 Å². The zero-order chi connectivity index (χ0) is 14.6. The van der Waals surface area contributed by atoms with Gasteiger partial charge in [0.2, 0.25) is 5.91 Å². The first-order valence-electron chi connectivity index (χ1n) is 7.60. The van der Waals surface area contributed by atoms with Crippen molar-refractivity contribution in [2.24, 2.45) is 5.41 Å². The molecule has 0 radical (unpaired) electrons. The van der Waals surface area contributed by atoms with Gasteiger partial charge < -0.3 is 10.6 Å². The van der Waals surface area contributed by atoms with Crippen molar-refractivity contribution in [1.82, 2.24) is 10.6 Å². The van der Waals surface area contributed by atoms with Gasteiger partial charge in [-0.2, -0.15) is 0 Å². The molecule has 1 saturated carbocycles. The molecule has 1 aliphatic carbocycles. The standard InChI is InChI=1S/C14H26N2O3S.ClH/c1-14(6-8-15-9-7-14)11-16-13(17)10-20(18,19)12-4-2-3-5-12;/h12,15H,2-11H2,1H3,(H,16,17);1H. The summed E-state index contributed by atoms with van der Waals surface area (Å²) in [6.07, 6.45) is 5.41. The molecule has 1 saturated heterocycles. The number of nitrogens with one attached hydrogen (secondary N) is 2. The van der Waals surface area contributed by atoms with Crippen LogP contribution in [0.4, 0.5) is 0 Å². The molecule has 1 heterocycles. The van der Waals surface area contributed by atoms with Gasteiger partial charge in [-0.05, 0) is 44.2 Å². The predicted molar refractivity (Wildman–Crippen MR) is 86.5 cm³/mol. The Morgan fingerprint density at radius 3 is 2.38 bits per heavy atom. The third-order valence-electron chi connectivity index (χ3n) is 4.67. The van der Waals surface area contributed by atoms with E-state index in [9.17, 15) is 13.2 Å². The molecule has 0 aromatic carbocycles. The lowest BCUT2D eigenvalue weighted by Gasteiger charge is -2.34. The zero-order valence-electron chi connectivity index (χ0n) is 12.7. The third kappa shape index (κ3) is 5.42. The maximum atomic E-state index is 12.1. The summed E-state index contributed by atoms with van der Waals surface area (Å²) >= 11 is 0. The lowest BCUT2D eigenvalue weighted by Crippen LogP contribution is -2.44. The molecule has 5 nitrogen and oxygen atoms in total. The molecule has 2 aliphatic rings. The maximum absolute atomic E-state index is 12.1. The molecule has 2 N–H and O–H groups in total. The summed E-state index contributed by atoms with van der Waals surface area (Å²) in [6, 6.07) is 0. The number of rotatable bonds is 5.